The van der Waals surface area contributed by atoms with Gasteiger partial charge in [-0.05, 0) is 17.7 Å². The van der Waals surface area contributed by atoms with Crippen molar-refractivity contribution in [1.82, 2.24) is 9.97 Å². The third-order valence-electron chi connectivity index (χ3n) is 2.92. The van der Waals surface area contributed by atoms with Crippen LogP contribution in [0.15, 0.2) is 30.3 Å². The number of hydrogen-bond acceptors (Lipinski definition) is 6. The van der Waals surface area contributed by atoms with Gasteiger partial charge in [-0.3, -0.25) is 0 Å². The lowest BCUT2D eigenvalue weighted by Crippen LogP contribution is -2.14. The minimum absolute atomic E-state index is 0.452. The fourth-order valence-electron chi connectivity index (χ4n) is 1.76. The van der Waals surface area contributed by atoms with Crippen molar-refractivity contribution < 1.29 is 9.47 Å². The molecule has 0 bridgehead atoms. The SMILES string of the molecule is COc1cc(OC)nc(N(C)c2cccc(CN)c2)n1. The summed E-state index contributed by atoms with van der Waals surface area (Å²) in [6.07, 6.45) is 0. The standard InChI is InChI=1S/C14H18N4O2/c1-18(11-6-4-5-10(7-11)9-15)14-16-12(19-2)8-13(17-14)20-3/h4-8H,9,15H2,1-3H3. The molecule has 0 saturated carbocycles. The van der Waals surface area contributed by atoms with Gasteiger partial charge in [-0.25, -0.2) is 0 Å². The lowest BCUT2D eigenvalue weighted by atomic mass is 10.2. The third kappa shape index (κ3) is 2.97. The van der Waals surface area contributed by atoms with Crippen LogP contribution >= 0.6 is 0 Å². The molecule has 0 spiro atoms. The molecule has 2 aromatic rings. The van der Waals surface area contributed by atoms with Crippen LogP contribution in [0.25, 0.3) is 0 Å². The van der Waals surface area contributed by atoms with E-state index < -0.39 is 0 Å². The number of nitrogens with zero attached hydrogens (tertiary/aromatic N) is 3. The summed E-state index contributed by atoms with van der Waals surface area (Å²) in [5, 5.41) is 0. The molecule has 0 amide bonds. The Morgan fingerprint density at radius 3 is 2.30 bits per heavy atom. The summed E-state index contributed by atoms with van der Waals surface area (Å²) in [5.41, 5.74) is 7.65. The molecule has 0 aliphatic heterocycles. The first-order valence-electron chi connectivity index (χ1n) is 6.17. The van der Waals surface area contributed by atoms with Gasteiger partial charge in [-0.1, -0.05) is 12.1 Å². The molecule has 0 fully saturated rings. The Bertz CT molecular complexity index is 567. The monoisotopic (exact) mass is 274 g/mol. The molecule has 1 heterocycles. The van der Waals surface area contributed by atoms with E-state index >= 15 is 0 Å². The molecular formula is C14H18N4O2. The maximum absolute atomic E-state index is 5.66. The first-order valence-corrected chi connectivity index (χ1v) is 6.17. The van der Waals surface area contributed by atoms with Crippen LogP contribution in [0.3, 0.4) is 0 Å². The Morgan fingerprint density at radius 2 is 1.75 bits per heavy atom. The van der Waals surface area contributed by atoms with Crippen molar-refractivity contribution in [3.05, 3.63) is 35.9 Å². The number of methoxy groups -OCH3 is 2. The van der Waals surface area contributed by atoms with Gasteiger partial charge in [0, 0.05) is 19.3 Å². The summed E-state index contributed by atoms with van der Waals surface area (Å²) in [7, 11) is 4.99. The van der Waals surface area contributed by atoms with Gasteiger partial charge in [0.1, 0.15) is 0 Å². The van der Waals surface area contributed by atoms with E-state index in [4.69, 9.17) is 15.2 Å². The van der Waals surface area contributed by atoms with Crippen LogP contribution in [-0.2, 0) is 6.54 Å². The van der Waals surface area contributed by atoms with Gasteiger partial charge in [0.2, 0.25) is 17.7 Å². The predicted molar refractivity (Wildman–Crippen MR) is 77.5 cm³/mol. The van der Waals surface area contributed by atoms with Crippen molar-refractivity contribution in [2.75, 3.05) is 26.2 Å². The van der Waals surface area contributed by atoms with Crippen molar-refractivity contribution in [2.24, 2.45) is 5.73 Å². The minimum Gasteiger partial charge on any atom is -0.481 e. The van der Waals surface area contributed by atoms with Gasteiger partial charge < -0.3 is 20.1 Å². The third-order valence-corrected chi connectivity index (χ3v) is 2.92. The number of hydrogen-bond donors (Lipinski definition) is 1. The van der Waals surface area contributed by atoms with Gasteiger partial charge >= 0.3 is 0 Å². The van der Waals surface area contributed by atoms with E-state index in [1.54, 1.807) is 20.3 Å². The Kier molecular flexibility index (Phi) is 4.37. The quantitative estimate of drug-likeness (QED) is 0.895. The molecule has 1 aromatic carbocycles. The Labute approximate surface area is 118 Å². The van der Waals surface area contributed by atoms with Crippen molar-refractivity contribution in [3.63, 3.8) is 0 Å². The van der Waals surface area contributed by atoms with Crippen LogP contribution in [0.1, 0.15) is 5.56 Å². The van der Waals surface area contributed by atoms with E-state index in [-0.39, 0.29) is 0 Å². The van der Waals surface area contributed by atoms with Crippen LogP contribution < -0.4 is 20.1 Å². The van der Waals surface area contributed by atoms with Crippen LogP contribution in [0.2, 0.25) is 0 Å². The van der Waals surface area contributed by atoms with E-state index in [0.717, 1.165) is 11.3 Å². The normalized spacial score (nSPS) is 10.2. The first-order chi connectivity index (χ1) is 9.67. The average Bonchev–Trinajstić information content (AvgIpc) is 2.53. The van der Waals surface area contributed by atoms with Crippen molar-refractivity contribution in [2.45, 2.75) is 6.54 Å². The van der Waals surface area contributed by atoms with E-state index in [2.05, 4.69) is 9.97 Å². The summed E-state index contributed by atoms with van der Waals surface area (Å²) < 4.78 is 10.3. The Morgan fingerprint density at radius 1 is 1.10 bits per heavy atom. The molecule has 6 heteroatoms. The number of ether oxygens (including phenoxy) is 2. The zero-order valence-electron chi connectivity index (χ0n) is 11.8. The van der Waals surface area contributed by atoms with Crippen molar-refractivity contribution in [3.8, 4) is 11.8 Å². The fourth-order valence-corrected chi connectivity index (χ4v) is 1.76. The minimum atomic E-state index is 0.452. The smallest absolute Gasteiger partial charge is 0.236 e. The molecular weight excluding hydrogens is 256 g/mol. The second-order valence-electron chi connectivity index (χ2n) is 4.19. The zero-order chi connectivity index (χ0) is 14.5. The van der Waals surface area contributed by atoms with Gasteiger partial charge in [0.15, 0.2) is 0 Å². The lowest BCUT2D eigenvalue weighted by Gasteiger charge is -2.18. The molecule has 0 radical (unpaired) electrons. The van der Waals surface area contributed by atoms with E-state index in [1.165, 1.54) is 0 Å². The highest BCUT2D eigenvalue weighted by atomic mass is 16.5. The molecule has 0 aliphatic carbocycles. The molecule has 106 valence electrons. The summed E-state index contributed by atoms with van der Waals surface area (Å²) in [6.45, 7) is 0.490. The molecule has 0 saturated heterocycles. The molecule has 2 rings (SSSR count). The highest BCUT2D eigenvalue weighted by Crippen LogP contribution is 2.25. The van der Waals surface area contributed by atoms with E-state index in [9.17, 15) is 0 Å². The topological polar surface area (TPSA) is 73.5 Å². The summed E-state index contributed by atoms with van der Waals surface area (Å²) in [5.74, 6) is 1.40. The molecule has 6 nitrogen and oxygen atoms in total. The second-order valence-corrected chi connectivity index (χ2v) is 4.19. The molecule has 0 aliphatic rings. The number of anilines is 2. The Balaban J connectivity index is 2.38. The number of rotatable bonds is 5. The van der Waals surface area contributed by atoms with Crippen LogP contribution in [0, 0.1) is 0 Å². The Hall–Kier alpha value is -2.34. The summed E-state index contributed by atoms with van der Waals surface area (Å²) in [6, 6.07) is 9.52. The van der Waals surface area contributed by atoms with E-state index in [0.29, 0.717) is 24.3 Å². The number of nitrogens with two attached hydrogens (primary N) is 1. The number of benzene rings is 1. The largest absolute Gasteiger partial charge is 0.481 e. The van der Waals surface area contributed by atoms with Crippen LogP contribution in [-0.4, -0.2) is 31.2 Å². The van der Waals surface area contributed by atoms with Crippen molar-refractivity contribution >= 4 is 11.6 Å². The maximum atomic E-state index is 5.66. The molecule has 0 atom stereocenters. The highest BCUT2D eigenvalue weighted by molar-refractivity contribution is 5.58. The predicted octanol–water partition coefficient (Wildman–Crippen LogP) is 1.72. The van der Waals surface area contributed by atoms with Crippen LogP contribution in [0.4, 0.5) is 11.6 Å². The summed E-state index contributed by atoms with van der Waals surface area (Å²) in [4.78, 5) is 10.5. The fraction of sp³-hybridized carbons (Fsp3) is 0.286. The molecule has 0 unspecified atom stereocenters. The molecule has 1 aromatic heterocycles. The zero-order valence-corrected chi connectivity index (χ0v) is 11.8. The average molecular weight is 274 g/mol. The summed E-state index contributed by atoms with van der Waals surface area (Å²) >= 11 is 0. The first kappa shape index (κ1) is 14.1. The lowest BCUT2D eigenvalue weighted by molar-refractivity contribution is 0.372. The van der Waals surface area contributed by atoms with Gasteiger partial charge in [-0.15, -0.1) is 0 Å². The highest BCUT2D eigenvalue weighted by Gasteiger charge is 2.11. The maximum Gasteiger partial charge on any atom is 0.236 e. The van der Waals surface area contributed by atoms with Gasteiger partial charge in [0.25, 0.3) is 0 Å². The second kappa shape index (κ2) is 6.21. The van der Waals surface area contributed by atoms with E-state index in [1.807, 2.05) is 36.2 Å². The van der Waals surface area contributed by atoms with Gasteiger partial charge in [0.05, 0.1) is 20.3 Å². The molecule has 2 N–H and O–H groups in total. The van der Waals surface area contributed by atoms with Gasteiger partial charge in [-0.2, -0.15) is 9.97 Å². The van der Waals surface area contributed by atoms with Crippen LogP contribution in [0.5, 0.6) is 11.8 Å². The number of aromatic nitrogens is 2. The van der Waals surface area contributed by atoms with Crippen molar-refractivity contribution in [1.29, 1.82) is 0 Å². The molecule has 20 heavy (non-hydrogen) atoms.